The Bertz CT molecular complexity index is 323. The van der Waals surface area contributed by atoms with E-state index in [0.29, 0.717) is 0 Å². The Morgan fingerprint density at radius 3 is 2.43 bits per heavy atom. The third-order valence-corrected chi connectivity index (χ3v) is 1.74. The van der Waals surface area contributed by atoms with Gasteiger partial charge in [-0.15, -0.1) is 0 Å². The Morgan fingerprint density at radius 2 is 2.14 bits per heavy atom. The molecule has 1 aromatic rings. The van der Waals surface area contributed by atoms with Gasteiger partial charge < -0.3 is 15.3 Å². The van der Waals surface area contributed by atoms with E-state index in [1.165, 1.54) is 6.92 Å². The molecule has 1 rings (SSSR count). The van der Waals surface area contributed by atoms with E-state index < -0.39 is 24.2 Å². The summed E-state index contributed by atoms with van der Waals surface area (Å²) in [6.07, 6.45) is -3.82. The van der Waals surface area contributed by atoms with Gasteiger partial charge in [-0.3, -0.25) is 0 Å². The Kier molecular flexibility index (Phi) is 2.55. The van der Waals surface area contributed by atoms with Crippen molar-refractivity contribution in [2.45, 2.75) is 18.7 Å². The highest BCUT2D eigenvalue weighted by Crippen LogP contribution is 2.37. The van der Waals surface area contributed by atoms with Crippen LogP contribution < -0.4 is 5.73 Å². The minimum atomic E-state index is -4.90. The maximum Gasteiger partial charge on any atom is 0.427 e. The smallest absolute Gasteiger partial charge is 0.427 e. The second-order valence-electron chi connectivity index (χ2n) is 2.84. The lowest BCUT2D eigenvalue weighted by Crippen LogP contribution is -2.48. The van der Waals surface area contributed by atoms with Crippen LogP contribution in [0.2, 0.25) is 0 Å². The molecular formula is C7H9F3N2O2. The van der Waals surface area contributed by atoms with Gasteiger partial charge in [-0.2, -0.15) is 13.2 Å². The molecule has 0 aliphatic carbocycles. The molecule has 0 fully saturated rings. The number of oxazole rings is 1. The molecular weight excluding hydrogens is 201 g/mol. The number of alkyl halides is 3. The number of hydrogen-bond donors (Lipinski definition) is 2. The molecule has 0 bridgehead atoms. The van der Waals surface area contributed by atoms with Crippen molar-refractivity contribution in [1.82, 2.24) is 4.98 Å². The zero-order valence-electron chi connectivity index (χ0n) is 7.30. The van der Waals surface area contributed by atoms with Crippen molar-refractivity contribution in [3.05, 3.63) is 17.8 Å². The Morgan fingerprint density at radius 1 is 1.57 bits per heavy atom. The van der Waals surface area contributed by atoms with Crippen LogP contribution in [0.4, 0.5) is 13.2 Å². The van der Waals surface area contributed by atoms with Gasteiger partial charge in [0, 0.05) is 6.54 Å². The van der Waals surface area contributed by atoms with Crippen LogP contribution >= 0.6 is 0 Å². The summed E-state index contributed by atoms with van der Waals surface area (Å²) in [5.41, 5.74) is 1.66. The van der Waals surface area contributed by atoms with E-state index in [1.807, 2.05) is 0 Å². The number of nitrogens with zero attached hydrogens (tertiary/aromatic N) is 1. The van der Waals surface area contributed by atoms with Crippen molar-refractivity contribution in [2.75, 3.05) is 6.54 Å². The number of nitrogens with two attached hydrogens (primary N) is 1. The fourth-order valence-corrected chi connectivity index (χ4v) is 0.870. The topological polar surface area (TPSA) is 72.3 Å². The minimum Gasteiger partial charge on any atom is -0.442 e. The molecule has 0 aromatic carbocycles. The molecule has 80 valence electrons. The van der Waals surface area contributed by atoms with Gasteiger partial charge in [-0.1, -0.05) is 0 Å². The first-order chi connectivity index (χ1) is 6.31. The fourth-order valence-electron chi connectivity index (χ4n) is 0.870. The van der Waals surface area contributed by atoms with E-state index in [4.69, 9.17) is 5.73 Å². The average molecular weight is 210 g/mol. The number of aromatic nitrogens is 1. The molecule has 0 spiro atoms. The highest BCUT2D eigenvalue weighted by molar-refractivity contribution is 5.05. The Labute approximate surface area is 77.5 Å². The molecule has 0 aliphatic rings. The molecule has 7 heteroatoms. The van der Waals surface area contributed by atoms with Crippen molar-refractivity contribution in [3.8, 4) is 0 Å². The van der Waals surface area contributed by atoms with Crippen molar-refractivity contribution >= 4 is 0 Å². The van der Waals surface area contributed by atoms with Crippen LogP contribution in [0.15, 0.2) is 10.6 Å². The molecule has 14 heavy (non-hydrogen) atoms. The Balaban J connectivity index is 3.14. The molecule has 3 N–H and O–H groups in total. The molecule has 0 radical (unpaired) electrons. The average Bonchev–Trinajstić information content (AvgIpc) is 2.48. The summed E-state index contributed by atoms with van der Waals surface area (Å²) in [4.78, 5) is 3.31. The van der Waals surface area contributed by atoms with Gasteiger partial charge in [-0.25, -0.2) is 4.98 Å². The highest BCUT2D eigenvalue weighted by Gasteiger charge is 2.57. The van der Waals surface area contributed by atoms with Crippen molar-refractivity contribution < 1.29 is 22.7 Å². The van der Waals surface area contributed by atoms with E-state index in [9.17, 15) is 18.3 Å². The summed E-state index contributed by atoms with van der Waals surface area (Å²) in [7, 11) is 0. The third-order valence-electron chi connectivity index (χ3n) is 1.74. The van der Waals surface area contributed by atoms with E-state index >= 15 is 0 Å². The lowest BCUT2D eigenvalue weighted by atomic mass is 10.0. The number of aliphatic hydroxyl groups is 1. The van der Waals surface area contributed by atoms with Crippen molar-refractivity contribution in [1.29, 1.82) is 0 Å². The highest BCUT2D eigenvalue weighted by atomic mass is 19.4. The van der Waals surface area contributed by atoms with Crippen LogP contribution in [0.5, 0.6) is 0 Å². The fraction of sp³-hybridized carbons (Fsp3) is 0.571. The molecule has 0 amide bonds. The first kappa shape index (κ1) is 11.0. The minimum absolute atomic E-state index is 0.177. The lowest BCUT2D eigenvalue weighted by molar-refractivity contribution is -0.269. The van der Waals surface area contributed by atoms with E-state index in [0.717, 1.165) is 6.20 Å². The summed E-state index contributed by atoms with van der Waals surface area (Å²) < 4.78 is 41.7. The van der Waals surface area contributed by atoms with Crippen molar-refractivity contribution in [3.63, 3.8) is 0 Å². The molecule has 1 heterocycles. The summed E-state index contributed by atoms with van der Waals surface area (Å²) in [6.45, 7) is 0.389. The van der Waals surface area contributed by atoms with Crippen LogP contribution in [0.1, 0.15) is 11.7 Å². The monoisotopic (exact) mass is 210 g/mol. The molecule has 1 unspecified atom stereocenters. The van der Waals surface area contributed by atoms with Gasteiger partial charge in [0.05, 0.1) is 6.20 Å². The molecule has 1 aromatic heterocycles. The predicted octanol–water partition coefficient (Wildman–Crippen LogP) is 0.692. The van der Waals surface area contributed by atoms with Gasteiger partial charge in [0.25, 0.3) is 0 Å². The van der Waals surface area contributed by atoms with E-state index in [-0.39, 0.29) is 5.76 Å². The van der Waals surface area contributed by atoms with Crippen LogP contribution in [0.3, 0.4) is 0 Å². The van der Waals surface area contributed by atoms with Gasteiger partial charge in [0.15, 0.2) is 0 Å². The largest absolute Gasteiger partial charge is 0.442 e. The van der Waals surface area contributed by atoms with Crippen LogP contribution in [0.25, 0.3) is 0 Å². The molecule has 0 saturated heterocycles. The summed E-state index contributed by atoms with van der Waals surface area (Å²) >= 11 is 0. The summed E-state index contributed by atoms with van der Waals surface area (Å²) in [5.74, 6) is -0.652. The van der Waals surface area contributed by atoms with Crippen molar-refractivity contribution in [2.24, 2.45) is 5.73 Å². The standard InChI is InChI=1S/C7H9F3N2O2/c1-4-2-12-5(14-4)6(13,3-11)7(8,9)10/h2,13H,3,11H2,1H3. The third kappa shape index (κ3) is 1.60. The number of aryl methyl sites for hydroxylation is 1. The number of halogens is 3. The van der Waals surface area contributed by atoms with Gasteiger partial charge >= 0.3 is 6.18 Å². The SMILES string of the molecule is Cc1cnc(C(O)(CN)C(F)(F)F)o1. The second-order valence-corrected chi connectivity index (χ2v) is 2.84. The second kappa shape index (κ2) is 3.25. The van der Waals surface area contributed by atoms with Gasteiger partial charge in [0.1, 0.15) is 5.76 Å². The van der Waals surface area contributed by atoms with Crippen LogP contribution in [0, 0.1) is 6.92 Å². The lowest BCUT2D eigenvalue weighted by Gasteiger charge is -2.25. The first-order valence-corrected chi connectivity index (χ1v) is 3.73. The van der Waals surface area contributed by atoms with E-state index in [2.05, 4.69) is 9.40 Å². The normalized spacial score (nSPS) is 16.7. The maximum absolute atomic E-state index is 12.4. The predicted molar refractivity (Wildman–Crippen MR) is 40.2 cm³/mol. The number of rotatable bonds is 2. The Hall–Kier alpha value is -1.08. The quantitative estimate of drug-likeness (QED) is 0.753. The molecule has 0 aliphatic heterocycles. The van der Waals surface area contributed by atoms with Gasteiger partial charge in [0.2, 0.25) is 11.5 Å². The first-order valence-electron chi connectivity index (χ1n) is 3.73. The number of hydrogen-bond acceptors (Lipinski definition) is 4. The van der Waals surface area contributed by atoms with E-state index in [1.54, 1.807) is 0 Å². The molecule has 0 saturated carbocycles. The summed E-state index contributed by atoms with van der Waals surface area (Å²) in [6, 6.07) is 0. The van der Waals surface area contributed by atoms with Crippen LogP contribution in [-0.2, 0) is 5.60 Å². The van der Waals surface area contributed by atoms with Gasteiger partial charge in [-0.05, 0) is 6.92 Å². The molecule has 1 atom stereocenters. The zero-order chi connectivity index (χ0) is 11.0. The summed E-state index contributed by atoms with van der Waals surface area (Å²) in [5, 5.41) is 9.23. The molecule has 4 nitrogen and oxygen atoms in total. The maximum atomic E-state index is 12.4. The van der Waals surface area contributed by atoms with Crippen LogP contribution in [-0.4, -0.2) is 22.8 Å². The zero-order valence-corrected chi connectivity index (χ0v) is 7.30.